The standard InChI is InChI=1S/C18H13F2N3OS/c19-14-7-6-13(10-15(14)20)16-8-9-21-18(23-16)25-11-22-17(24)12-4-2-1-3-5-12/h1-10H,11H2,(H,22,24). The van der Waals surface area contributed by atoms with Crippen molar-refractivity contribution in [3.63, 3.8) is 0 Å². The molecule has 126 valence electrons. The number of carbonyl (C=O) groups is 1. The van der Waals surface area contributed by atoms with E-state index in [0.29, 0.717) is 22.0 Å². The summed E-state index contributed by atoms with van der Waals surface area (Å²) in [5, 5.41) is 3.18. The Hall–Kier alpha value is -2.80. The lowest BCUT2D eigenvalue weighted by atomic mass is 10.1. The zero-order valence-electron chi connectivity index (χ0n) is 12.9. The molecule has 4 nitrogen and oxygen atoms in total. The van der Waals surface area contributed by atoms with Crippen LogP contribution in [0, 0.1) is 11.6 Å². The summed E-state index contributed by atoms with van der Waals surface area (Å²) < 4.78 is 26.4. The van der Waals surface area contributed by atoms with Crippen LogP contribution in [0.2, 0.25) is 0 Å². The molecule has 2 aromatic carbocycles. The van der Waals surface area contributed by atoms with Gasteiger partial charge in [0.2, 0.25) is 0 Å². The fraction of sp³-hybridized carbons (Fsp3) is 0.0556. The Balaban J connectivity index is 1.64. The third-order valence-electron chi connectivity index (χ3n) is 3.32. The monoisotopic (exact) mass is 357 g/mol. The van der Waals surface area contributed by atoms with Gasteiger partial charge in [0, 0.05) is 17.3 Å². The molecule has 3 aromatic rings. The van der Waals surface area contributed by atoms with Crippen molar-refractivity contribution in [3.05, 3.63) is 78.0 Å². The minimum atomic E-state index is -0.930. The zero-order chi connectivity index (χ0) is 17.6. The van der Waals surface area contributed by atoms with Crippen molar-refractivity contribution < 1.29 is 13.6 Å². The highest BCUT2D eigenvalue weighted by atomic mass is 32.2. The number of rotatable bonds is 5. The van der Waals surface area contributed by atoms with Crippen LogP contribution < -0.4 is 5.32 Å². The maximum Gasteiger partial charge on any atom is 0.251 e. The first kappa shape index (κ1) is 17.0. The highest BCUT2D eigenvalue weighted by molar-refractivity contribution is 7.99. The number of hydrogen-bond acceptors (Lipinski definition) is 4. The highest BCUT2D eigenvalue weighted by Gasteiger charge is 2.08. The van der Waals surface area contributed by atoms with Crippen molar-refractivity contribution >= 4 is 17.7 Å². The first-order valence-corrected chi connectivity index (χ1v) is 8.36. The molecule has 1 aromatic heterocycles. The normalized spacial score (nSPS) is 10.5. The van der Waals surface area contributed by atoms with Gasteiger partial charge >= 0.3 is 0 Å². The topological polar surface area (TPSA) is 54.9 Å². The van der Waals surface area contributed by atoms with E-state index in [0.717, 1.165) is 12.1 Å². The van der Waals surface area contributed by atoms with E-state index in [9.17, 15) is 13.6 Å². The van der Waals surface area contributed by atoms with Crippen LogP contribution in [0.1, 0.15) is 10.4 Å². The lowest BCUT2D eigenvalue weighted by Crippen LogP contribution is -2.22. The van der Waals surface area contributed by atoms with E-state index in [1.165, 1.54) is 24.0 Å². The predicted octanol–water partition coefficient (Wildman–Crippen LogP) is 3.90. The Kier molecular flexibility index (Phi) is 5.35. The van der Waals surface area contributed by atoms with Crippen LogP contribution in [0.25, 0.3) is 11.3 Å². The number of nitrogens with zero attached hydrogens (tertiary/aromatic N) is 2. The number of benzene rings is 2. The quantitative estimate of drug-likeness (QED) is 0.427. The summed E-state index contributed by atoms with van der Waals surface area (Å²) in [6.07, 6.45) is 1.53. The number of nitrogens with one attached hydrogen (secondary N) is 1. The van der Waals surface area contributed by atoms with Gasteiger partial charge in [-0.1, -0.05) is 30.0 Å². The van der Waals surface area contributed by atoms with Gasteiger partial charge in [0.25, 0.3) is 5.91 Å². The van der Waals surface area contributed by atoms with Crippen molar-refractivity contribution in [2.24, 2.45) is 0 Å². The molecule has 1 amide bonds. The van der Waals surface area contributed by atoms with Crippen molar-refractivity contribution in [2.75, 3.05) is 5.88 Å². The summed E-state index contributed by atoms with van der Waals surface area (Å²) in [5.74, 6) is -1.74. The van der Waals surface area contributed by atoms with E-state index in [-0.39, 0.29) is 11.8 Å². The van der Waals surface area contributed by atoms with Gasteiger partial charge in [-0.05, 0) is 36.4 Å². The van der Waals surface area contributed by atoms with Gasteiger partial charge in [-0.25, -0.2) is 18.7 Å². The van der Waals surface area contributed by atoms with Crippen molar-refractivity contribution in [1.82, 2.24) is 15.3 Å². The van der Waals surface area contributed by atoms with Crippen LogP contribution >= 0.6 is 11.8 Å². The van der Waals surface area contributed by atoms with Gasteiger partial charge < -0.3 is 5.32 Å². The molecule has 1 N–H and O–H groups in total. The molecule has 0 atom stereocenters. The zero-order valence-corrected chi connectivity index (χ0v) is 13.8. The average Bonchev–Trinajstić information content (AvgIpc) is 2.65. The maximum atomic E-state index is 13.3. The highest BCUT2D eigenvalue weighted by Crippen LogP contribution is 2.21. The fourth-order valence-corrected chi connectivity index (χ4v) is 2.72. The Morgan fingerprint density at radius 3 is 2.60 bits per heavy atom. The number of halogens is 2. The van der Waals surface area contributed by atoms with Crippen LogP contribution in [0.5, 0.6) is 0 Å². The second-order valence-electron chi connectivity index (χ2n) is 5.01. The molecule has 0 spiro atoms. The van der Waals surface area contributed by atoms with Crippen LogP contribution in [-0.4, -0.2) is 21.8 Å². The number of carbonyl (C=O) groups excluding carboxylic acids is 1. The van der Waals surface area contributed by atoms with Crippen molar-refractivity contribution in [3.8, 4) is 11.3 Å². The second-order valence-corrected chi connectivity index (χ2v) is 5.96. The molecular weight excluding hydrogens is 344 g/mol. The van der Waals surface area contributed by atoms with E-state index in [2.05, 4.69) is 15.3 Å². The van der Waals surface area contributed by atoms with Crippen LogP contribution in [0.15, 0.2) is 66.0 Å². The lowest BCUT2D eigenvalue weighted by Gasteiger charge is -2.06. The molecule has 7 heteroatoms. The van der Waals surface area contributed by atoms with Gasteiger partial charge in [-0.3, -0.25) is 4.79 Å². The molecular formula is C18H13F2N3OS. The molecule has 0 aliphatic carbocycles. The third-order valence-corrected chi connectivity index (χ3v) is 4.06. The summed E-state index contributed by atoms with van der Waals surface area (Å²) in [4.78, 5) is 20.4. The van der Waals surface area contributed by atoms with E-state index in [1.807, 2.05) is 6.07 Å². The first-order valence-electron chi connectivity index (χ1n) is 7.38. The van der Waals surface area contributed by atoms with Gasteiger partial charge in [-0.2, -0.15) is 0 Å². The molecule has 0 aliphatic heterocycles. The van der Waals surface area contributed by atoms with Crippen molar-refractivity contribution in [1.29, 1.82) is 0 Å². The van der Waals surface area contributed by atoms with E-state index < -0.39 is 11.6 Å². The molecule has 0 fully saturated rings. The summed E-state index contributed by atoms with van der Waals surface area (Å²) in [6, 6.07) is 14.1. The SMILES string of the molecule is O=C(NCSc1nccc(-c2ccc(F)c(F)c2)n1)c1ccccc1. The van der Waals surface area contributed by atoms with E-state index in [1.54, 1.807) is 30.3 Å². The smallest absolute Gasteiger partial charge is 0.251 e. The van der Waals surface area contributed by atoms with Gasteiger partial charge in [0.15, 0.2) is 16.8 Å². The van der Waals surface area contributed by atoms with Crippen LogP contribution in [0.3, 0.4) is 0 Å². The molecule has 25 heavy (non-hydrogen) atoms. The number of hydrogen-bond donors (Lipinski definition) is 1. The Bertz CT molecular complexity index is 890. The van der Waals surface area contributed by atoms with Crippen molar-refractivity contribution in [2.45, 2.75) is 5.16 Å². The average molecular weight is 357 g/mol. The minimum absolute atomic E-state index is 0.190. The summed E-state index contributed by atoms with van der Waals surface area (Å²) in [6.45, 7) is 0. The summed E-state index contributed by atoms with van der Waals surface area (Å²) in [5.41, 5.74) is 1.50. The predicted molar refractivity (Wildman–Crippen MR) is 92.0 cm³/mol. The summed E-state index contributed by atoms with van der Waals surface area (Å²) in [7, 11) is 0. The molecule has 0 saturated heterocycles. The van der Waals surface area contributed by atoms with Gasteiger partial charge in [-0.15, -0.1) is 0 Å². The Morgan fingerprint density at radius 1 is 1.04 bits per heavy atom. The largest absolute Gasteiger partial charge is 0.343 e. The van der Waals surface area contributed by atoms with E-state index >= 15 is 0 Å². The Labute approximate surface area is 147 Å². The summed E-state index contributed by atoms with van der Waals surface area (Å²) >= 11 is 1.24. The third kappa shape index (κ3) is 4.39. The first-order chi connectivity index (χ1) is 12.1. The molecule has 0 saturated carbocycles. The number of amides is 1. The molecule has 0 aliphatic rings. The molecule has 3 rings (SSSR count). The second kappa shape index (κ2) is 7.85. The van der Waals surface area contributed by atoms with E-state index in [4.69, 9.17) is 0 Å². The number of thioether (sulfide) groups is 1. The molecule has 0 radical (unpaired) electrons. The molecule has 0 unspecified atom stereocenters. The molecule has 0 bridgehead atoms. The van der Waals surface area contributed by atoms with Gasteiger partial charge in [0.1, 0.15) is 0 Å². The van der Waals surface area contributed by atoms with Gasteiger partial charge in [0.05, 0.1) is 11.6 Å². The fourth-order valence-electron chi connectivity index (χ4n) is 2.08. The van der Waals surface area contributed by atoms with Crippen LogP contribution in [-0.2, 0) is 0 Å². The maximum absolute atomic E-state index is 13.3. The van der Waals surface area contributed by atoms with Crippen LogP contribution in [0.4, 0.5) is 8.78 Å². The Morgan fingerprint density at radius 2 is 1.84 bits per heavy atom. The lowest BCUT2D eigenvalue weighted by molar-refractivity contribution is 0.0961. The molecule has 1 heterocycles. The number of aromatic nitrogens is 2. The minimum Gasteiger partial charge on any atom is -0.343 e.